The molecule has 0 aliphatic carbocycles. The van der Waals surface area contributed by atoms with Crippen LogP contribution in [0, 0.1) is 0 Å². The van der Waals surface area contributed by atoms with Crippen LogP contribution in [0.25, 0.3) is 0 Å². The topological polar surface area (TPSA) is 20.3 Å². The molecule has 1 aliphatic rings. The van der Waals surface area contributed by atoms with Crippen LogP contribution in [0.3, 0.4) is 0 Å². The third kappa shape index (κ3) is 2.09. The van der Waals surface area contributed by atoms with Gasteiger partial charge in [-0.3, -0.25) is 4.79 Å². The fourth-order valence-electron chi connectivity index (χ4n) is 2.30. The van der Waals surface area contributed by atoms with Crippen LogP contribution in [0.2, 0.25) is 0 Å². The number of hydrogen-bond acceptors (Lipinski definition) is 3. The third-order valence-electron chi connectivity index (χ3n) is 3.18. The van der Waals surface area contributed by atoms with Crippen LogP contribution in [0.4, 0.5) is 11.4 Å². The average molecular weight is 334 g/mol. The van der Waals surface area contributed by atoms with Gasteiger partial charge in [0.05, 0.1) is 16.3 Å². The Morgan fingerprint density at radius 2 is 2.11 bits per heavy atom. The zero-order valence-corrected chi connectivity index (χ0v) is 12.8. The average Bonchev–Trinajstić information content (AvgIpc) is 2.45. The van der Waals surface area contributed by atoms with Crippen molar-refractivity contribution in [2.45, 2.75) is 16.7 Å². The summed E-state index contributed by atoms with van der Waals surface area (Å²) < 4.78 is 1.09. The lowest BCUT2D eigenvalue weighted by molar-refractivity contribution is 0.112. The summed E-state index contributed by atoms with van der Waals surface area (Å²) in [7, 11) is 0. The largest absolute Gasteiger partial charge is 0.340 e. The van der Waals surface area contributed by atoms with Crippen molar-refractivity contribution in [1.82, 2.24) is 0 Å². The van der Waals surface area contributed by atoms with Gasteiger partial charge in [0.15, 0.2) is 0 Å². The van der Waals surface area contributed by atoms with Crippen molar-refractivity contribution >= 4 is 45.4 Å². The van der Waals surface area contributed by atoms with Crippen molar-refractivity contribution in [1.29, 1.82) is 0 Å². The lowest BCUT2D eigenvalue weighted by Gasteiger charge is -2.32. The Hall–Kier alpha value is -1.26. The normalized spacial score (nSPS) is 12.8. The predicted molar refractivity (Wildman–Crippen MR) is 82.8 cm³/mol. The monoisotopic (exact) mass is 333 g/mol. The molecule has 0 amide bonds. The van der Waals surface area contributed by atoms with Gasteiger partial charge >= 0.3 is 0 Å². The van der Waals surface area contributed by atoms with Crippen molar-refractivity contribution in [3.05, 3.63) is 46.4 Å². The second-order valence-corrected chi connectivity index (χ2v) is 6.19. The minimum absolute atomic E-state index is 0.720. The van der Waals surface area contributed by atoms with Gasteiger partial charge in [-0.15, -0.1) is 0 Å². The van der Waals surface area contributed by atoms with Gasteiger partial charge in [-0.05, 0) is 53.2 Å². The molecular formula is C15H12BrNOS. The second-order valence-electron chi connectivity index (χ2n) is 4.28. The number of fused-ring (bicyclic) bond motifs is 2. The zero-order chi connectivity index (χ0) is 13.4. The Labute approximate surface area is 124 Å². The Kier molecular flexibility index (Phi) is 3.37. The van der Waals surface area contributed by atoms with E-state index in [1.165, 1.54) is 16.3 Å². The van der Waals surface area contributed by atoms with E-state index in [0.717, 1.165) is 27.8 Å². The summed E-state index contributed by atoms with van der Waals surface area (Å²) in [4.78, 5) is 15.5. The van der Waals surface area contributed by atoms with Crippen molar-refractivity contribution in [2.24, 2.45) is 0 Å². The molecule has 0 saturated heterocycles. The van der Waals surface area contributed by atoms with E-state index in [4.69, 9.17) is 0 Å². The van der Waals surface area contributed by atoms with Crippen molar-refractivity contribution in [3.63, 3.8) is 0 Å². The first-order valence-electron chi connectivity index (χ1n) is 6.07. The number of halogens is 1. The van der Waals surface area contributed by atoms with E-state index in [9.17, 15) is 4.79 Å². The number of hydrogen-bond donors (Lipinski definition) is 0. The van der Waals surface area contributed by atoms with Gasteiger partial charge in [-0.2, -0.15) is 0 Å². The molecule has 0 radical (unpaired) electrons. The molecule has 0 unspecified atom stereocenters. The summed E-state index contributed by atoms with van der Waals surface area (Å²) in [5.41, 5.74) is 3.11. The molecule has 1 heterocycles. The summed E-state index contributed by atoms with van der Waals surface area (Å²) in [6.07, 6.45) is 0.896. The molecule has 0 aromatic heterocycles. The summed E-state index contributed by atoms with van der Waals surface area (Å²) in [6.45, 7) is 3.04. The molecule has 2 aromatic carbocycles. The molecule has 0 bridgehead atoms. The molecule has 0 spiro atoms. The number of anilines is 2. The van der Waals surface area contributed by atoms with Crippen LogP contribution in [0.15, 0.2) is 50.7 Å². The molecule has 96 valence electrons. The third-order valence-corrected chi connectivity index (χ3v) is 5.28. The zero-order valence-electron chi connectivity index (χ0n) is 10.4. The molecule has 0 fully saturated rings. The van der Waals surface area contributed by atoms with Crippen LogP contribution >= 0.6 is 27.7 Å². The van der Waals surface area contributed by atoms with Crippen molar-refractivity contribution < 1.29 is 4.79 Å². The van der Waals surface area contributed by atoms with Gasteiger partial charge in [-0.1, -0.05) is 17.8 Å². The number of carbonyl (C=O) groups is 1. The fraction of sp³-hybridized carbons (Fsp3) is 0.133. The summed E-state index contributed by atoms with van der Waals surface area (Å²) >= 11 is 5.32. The van der Waals surface area contributed by atoms with E-state index in [2.05, 4.69) is 39.9 Å². The Morgan fingerprint density at radius 1 is 1.26 bits per heavy atom. The highest BCUT2D eigenvalue weighted by Crippen LogP contribution is 2.50. The van der Waals surface area contributed by atoms with E-state index >= 15 is 0 Å². The molecule has 3 rings (SSSR count). The van der Waals surface area contributed by atoms with E-state index < -0.39 is 0 Å². The molecule has 1 aliphatic heterocycles. The number of nitrogens with zero attached hydrogens (tertiary/aromatic N) is 1. The first-order valence-corrected chi connectivity index (χ1v) is 7.68. The standard InChI is InChI=1S/C15H12BrNOS/c1-2-17-12-7-6-10(9-18)8-14(12)19-15-11(16)4-3-5-13(15)17/h3-9H,2H2,1H3. The SMILES string of the molecule is CCN1c2ccc(C=O)cc2Sc2c(Br)cccc21. The summed E-state index contributed by atoms with van der Waals surface area (Å²) in [5.74, 6) is 0. The van der Waals surface area contributed by atoms with Crippen LogP contribution in [-0.4, -0.2) is 12.8 Å². The van der Waals surface area contributed by atoms with Gasteiger partial charge < -0.3 is 4.90 Å². The number of aldehydes is 1. The fourth-order valence-corrected chi connectivity index (χ4v) is 4.04. The van der Waals surface area contributed by atoms with E-state index in [1.807, 2.05) is 24.3 Å². The number of carbonyl (C=O) groups excluding carboxylic acids is 1. The lowest BCUT2D eigenvalue weighted by Crippen LogP contribution is -2.20. The summed E-state index contributed by atoms with van der Waals surface area (Å²) in [6, 6.07) is 12.1. The Bertz CT molecular complexity index is 657. The Morgan fingerprint density at radius 3 is 2.84 bits per heavy atom. The highest BCUT2D eigenvalue weighted by atomic mass is 79.9. The first-order chi connectivity index (χ1) is 9.24. The Balaban J connectivity index is 2.20. The highest BCUT2D eigenvalue weighted by molar-refractivity contribution is 9.10. The van der Waals surface area contributed by atoms with Gasteiger partial charge in [0, 0.05) is 21.5 Å². The van der Waals surface area contributed by atoms with Crippen molar-refractivity contribution in [2.75, 3.05) is 11.4 Å². The number of rotatable bonds is 2. The molecule has 0 atom stereocenters. The van der Waals surface area contributed by atoms with E-state index in [1.54, 1.807) is 11.8 Å². The maximum atomic E-state index is 10.9. The lowest BCUT2D eigenvalue weighted by atomic mass is 10.2. The molecule has 2 aromatic rings. The molecule has 0 saturated carbocycles. The number of benzene rings is 2. The second kappa shape index (κ2) is 5.02. The molecule has 19 heavy (non-hydrogen) atoms. The van der Waals surface area contributed by atoms with E-state index in [-0.39, 0.29) is 0 Å². The maximum absolute atomic E-state index is 10.9. The van der Waals surface area contributed by atoms with Crippen molar-refractivity contribution in [3.8, 4) is 0 Å². The maximum Gasteiger partial charge on any atom is 0.150 e. The van der Waals surface area contributed by atoms with Crippen LogP contribution in [-0.2, 0) is 0 Å². The van der Waals surface area contributed by atoms with Gasteiger partial charge in [0.2, 0.25) is 0 Å². The molecular weight excluding hydrogens is 322 g/mol. The van der Waals surface area contributed by atoms with Gasteiger partial charge in [-0.25, -0.2) is 0 Å². The first kappa shape index (κ1) is 12.8. The molecule has 4 heteroatoms. The predicted octanol–water partition coefficient (Wildman–Crippen LogP) is 4.88. The van der Waals surface area contributed by atoms with Crippen LogP contribution in [0.5, 0.6) is 0 Å². The smallest absolute Gasteiger partial charge is 0.150 e. The quantitative estimate of drug-likeness (QED) is 0.730. The van der Waals surface area contributed by atoms with Crippen LogP contribution < -0.4 is 4.90 Å². The van der Waals surface area contributed by atoms with E-state index in [0.29, 0.717) is 0 Å². The highest BCUT2D eigenvalue weighted by Gasteiger charge is 2.23. The minimum atomic E-state index is 0.720. The molecule has 0 N–H and O–H groups in total. The summed E-state index contributed by atoms with van der Waals surface area (Å²) in [5, 5.41) is 0. The minimum Gasteiger partial charge on any atom is -0.340 e. The van der Waals surface area contributed by atoms with Gasteiger partial charge in [0.1, 0.15) is 6.29 Å². The van der Waals surface area contributed by atoms with Gasteiger partial charge in [0.25, 0.3) is 0 Å². The molecule has 2 nitrogen and oxygen atoms in total. The van der Waals surface area contributed by atoms with Crippen LogP contribution in [0.1, 0.15) is 17.3 Å².